The second-order valence-electron chi connectivity index (χ2n) is 14.3. The third-order valence-electron chi connectivity index (χ3n) is 10.3. The van der Waals surface area contributed by atoms with Crippen LogP contribution in [0.15, 0.2) is 35.8 Å². The fourth-order valence-electron chi connectivity index (χ4n) is 7.37. The standard InChI is InChI=1S/C36H53NO18/c1-16-8-10-19(11-9-16)49-36-29(46)32(50-20(33(47)48)12-18-6-4-3-5-7-18)30(23(15-40)53-36)54-34-24(37-17(2)41)31(26(43)22(14-39)51-34)55-35-28(45)27(44)25(42)21(13-38)52-35/h8-11,18,20-24,26,28-32,34-36,38-40,42-46H,3-7,12-15H2,1-2H3,(H,37,41)(H,47,48)/t20-,21?,22?,23?,24?,26-,28?,29?,30-,31?,32?,34-,35-,36+/m0/s1. The number of carboxylic acids is 1. The van der Waals surface area contributed by atoms with E-state index in [1.165, 1.54) is 0 Å². The number of amides is 1. The van der Waals surface area contributed by atoms with Gasteiger partial charge in [0, 0.05) is 6.92 Å². The lowest BCUT2D eigenvalue weighted by atomic mass is 9.85. The topological polar surface area (TPSA) is 293 Å². The van der Waals surface area contributed by atoms with Crippen molar-refractivity contribution in [2.45, 2.75) is 138 Å². The summed E-state index contributed by atoms with van der Waals surface area (Å²) in [5.74, 6) is -3.55. The minimum Gasteiger partial charge on any atom is -0.506 e. The van der Waals surface area contributed by atoms with Crippen molar-refractivity contribution in [3.63, 3.8) is 0 Å². The van der Waals surface area contributed by atoms with Gasteiger partial charge in [-0.05, 0) is 31.4 Å². The minimum atomic E-state index is -2.04. The molecule has 310 valence electrons. The van der Waals surface area contributed by atoms with E-state index in [4.69, 9.17) is 33.2 Å². The highest BCUT2D eigenvalue weighted by atomic mass is 16.8. The van der Waals surface area contributed by atoms with Gasteiger partial charge in [-0.1, -0.05) is 49.8 Å². The summed E-state index contributed by atoms with van der Waals surface area (Å²) in [5, 5.41) is 97.4. The smallest absolute Gasteiger partial charge is 0.332 e. The molecular weight excluding hydrogens is 734 g/mol. The number of carboxylic acid groups (broad SMARTS) is 1. The zero-order valence-corrected chi connectivity index (χ0v) is 30.5. The summed E-state index contributed by atoms with van der Waals surface area (Å²) in [7, 11) is 0. The molecule has 4 aliphatic rings. The Morgan fingerprint density at radius 2 is 1.44 bits per heavy atom. The zero-order chi connectivity index (χ0) is 40.0. The van der Waals surface area contributed by atoms with Crippen LogP contribution in [0.2, 0.25) is 0 Å². The van der Waals surface area contributed by atoms with E-state index in [9.17, 15) is 55.5 Å². The van der Waals surface area contributed by atoms with Gasteiger partial charge in [-0.3, -0.25) is 4.79 Å². The summed E-state index contributed by atoms with van der Waals surface area (Å²) in [6, 6.07) is 5.22. The Kier molecular flexibility index (Phi) is 15.1. The molecule has 14 atom stereocenters. The number of ether oxygens (including phenoxy) is 7. The molecule has 8 unspecified atom stereocenters. The van der Waals surface area contributed by atoms with Crippen LogP contribution in [0.25, 0.3) is 0 Å². The lowest BCUT2D eigenvalue weighted by Crippen LogP contribution is -2.69. The maximum Gasteiger partial charge on any atom is 0.332 e. The first-order chi connectivity index (χ1) is 26.3. The predicted octanol–water partition coefficient (Wildman–Crippen LogP) is -0.980. The Balaban J connectivity index is 1.48. The van der Waals surface area contributed by atoms with Crippen molar-refractivity contribution in [1.29, 1.82) is 0 Å². The average Bonchev–Trinajstić information content (AvgIpc) is 3.16. The van der Waals surface area contributed by atoms with Gasteiger partial charge in [-0.15, -0.1) is 0 Å². The third-order valence-corrected chi connectivity index (χ3v) is 10.3. The van der Waals surface area contributed by atoms with Crippen LogP contribution in [0, 0.1) is 12.8 Å². The number of hydrogen-bond acceptors (Lipinski definition) is 17. The van der Waals surface area contributed by atoms with E-state index >= 15 is 0 Å². The quantitative estimate of drug-likeness (QED) is 0.102. The molecule has 2 saturated heterocycles. The molecular formula is C36H53NO18. The maximum absolute atomic E-state index is 12.7. The lowest BCUT2D eigenvalue weighted by molar-refractivity contribution is -0.356. The number of aliphatic carboxylic acids is 1. The maximum atomic E-state index is 12.7. The fourth-order valence-corrected chi connectivity index (χ4v) is 7.37. The van der Waals surface area contributed by atoms with Crippen molar-refractivity contribution in [1.82, 2.24) is 5.32 Å². The van der Waals surface area contributed by atoms with E-state index in [-0.39, 0.29) is 18.1 Å². The van der Waals surface area contributed by atoms with Gasteiger partial charge >= 0.3 is 5.97 Å². The Hall–Kier alpha value is -3.18. The van der Waals surface area contributed by atoms with E-state index < -0.39 is 129 Å². The molecule has 5 rings (SSSR count). The Morgan fingerprint density at radius 1 is 0.800 bits per heavy atom. The van der Waals surface area contributed by atoms with Crippen molar-refractivity contribution in [3.8, 4) is 5.75 Å². The zero-order valence-electron chi connectivity index (χ0n) is 30.5. The molecule has 0 bridgehead atoms. The molecule has 1 saturated carbocycles. The van der Waals surface area contributed by atoms with Crippen molar-refractivity contribution >= 4 is 11.9 Å². The first-order valence-electron chi connectivity index (χ1n) is 18.4. The normalized spacial score (nSPS) is 36.6. The number of aliphatic hydroxyl groups is 8. The van der Waals surface area contributed by atoms with Gasteiger partial charge in [0.05, 0.1) is 19.8 Å². The number of aryl methyl sites for hydroxylation is 1. The van der Waals surface area contributed by atoms with Gasteiger partial charge in [0.2, 0.25) is 12.2 Å². The van der Waals surface area contributed by atoms with Crippen molar-refractivity contribution in [3.05, 3.63) is 41.3 Å². The molecule has 3 aliphatic heterocycles. The van der Waals surface area contributed by atoms with Crippen LogP contribution >= 0.6 is 0 Å². The van der Waals surface area contributed by atoms with E-state index in [1.54, 1.807) is 24.3 Å². The van der Waals surface area contributed by atoms with Crippen LogP contribution in [0.4, 0.5) is 0 Å². The number of rotatable bonds is 15. The van der Waals surface area contributed by atoms with Crippen LogP contribution in [-0.2, 0) is 38.0 Å². The van der Waals surface area contributed by atoms with Gasteiger partial charge in [-0.25, -0.2) is 4.79 Å². The molecule has 19 heteroatoms. The van der Waals surface area contributed by atoms with Gasteiger partial charge in [0.15, 0.2) is 36.3 Å². The number of carbonyl (C=O) groups excluding carboxylic acids is 1. The average molecular weight is 788 g/mol. The lowest BCUT2D eigenvalue weighted by Gasteiger charge is -2.49. The highest BCUT2D eigenvalue weighted by Crippen LogP contribution is 2.36. The highest BCUT2D eigenvalue weighted by Gasteiger charge is 2.55. The summed E-state index contributed by atoms with van der Waals surface area (Å²) in [4.78, 5) is 25.2. The minimum absolute atomic E-state index is 0.0222. The Bertz CT molecular complexity index is 1440. The van der Waals surface area contributed by atoms with E-state index in [0.717, 1.165) is 44.6 Å². The molecule has 0 radical (unpaired) electrons. The van der Waals surface area contributed by atoms with Crippen molar-refractivity contribution < 1.29 is 88.7 Å². The SMILES string of the molecule is CC(=O)NC1C(O[C@@H]2OC(CO)C(O)=C(O)C2O)[C@@H](O)C(CO)O[C@H]1O[C@H]1C(CO)O[C@@H](Oc2ccc(C)cc2)C(O)C1O[C@@H](CC1CCCCC1)C(=O)O. The molecule has 10 N–H and O–H groups in total. The first-order valence-corrected chi connectivity index (χ1v) is 18.4. The molecule has 19 nitrogen and oxygen atoms in total. The van der Waals surface area contributed by atoms with Crippen LogP contribution in [-0.4, -0.2) is 164 Å². The molecule has 0 spiro atoms. The van der Waals surface area contributed by atoms with E-state index in [0.29, 0.717) is 0 Å². The monoisotopic (exact) mass is 787 g/mol. The van der Waals surface area contributed by atoms with Crippen LogP contribution in [0.3, 0.4) is 0 Å². The van der Waals surface area contributed by atoms with Crippen molar-refractivity contribution in [2.75, 3.05) is 19.8 Å². The summed E-state index contributed by atoms with van der Waals surface area (Å²) in [6.45, 7) is 0.495. The molecule has 3 fully saturated rings. The number of aliphatic hydroxyl groups excluding tert-OH is 8. The molecule has 55 heavy (non-hydrogen) atoms. The van der Waals surface area contributed by atoms with Crippen LogP contribution < -0.4 is 10.1 Å². The van der Waals surface area contributed by atoms with Crippen LogP contribution in [0.1, 0.15) is 51.0 Å². The summed E-state index contributed by atoms with van der Waals surface area (Å²) >= 11 is 0. The first kappa shape index (κ1) is 43.0. The Morgan fingerprint density at radius 3 is 2.04 bits per heavy atom. The molecule has 1 aliphatic carbocycles. The molecule has 3 heterocycles. The number of nitrogens with one attached hydrogen (secondary N) is 1. The summed E-state index contributed by atoms with van der Waals surface area (Å²) in [5.41, 5.74) is 0.923. The molecule has 0 aromatic heterocycles. The largest absolute Gasteiger partial charge is 0.506 e. The van der Waals surface area contributed by atoms with Gasteiger partial charge in [0.1, 0.15) is 60.6 Å². The second-order valence-corrected chi connectivity index (χ2v) is 14.3. The fraction of sp³-hybridized carbons (Fsp3) is 0.722. The van der Waals surface area contributed by atoms with E-state index in [1.807, 2.05) is 6.92 Å². The van der Waals surface area contributed by atoms with Gasteiger partial charge in [-0.2, -0.15) is 0 Å². The number of carbonyl (C=O) groups is 2. The molecule has 1 aromatic carbocycles. The van der Waals surface area contributed by atoms with Crippen LogP contribution in [0.5, 0.6) is 5.75 Å². The van der Waals surface area contributed by atoms with Gasteiger partial charge in [0.25, 0.3) is 0 Å². The van der Waals surface area contributed by atoms with Gasteiger partial charge < -0.3 is 84.4 Å². The number of benzene rings is 1. The molecule has 1 amide bonds. The van der Waals surface area contributed by atoms with E-state index in [2.05, 4.69) is 5.32 Å². The summed E-state index contributed by atoms with van der Waals surface area (Å²) in [6.07, 6.45) is -16.8. The predicted molar refractivity (Wildman–Crippen MR) is 184 cm³/mol. The Labute approximate surface area is 316 Å². The molecule has 1 aromatic rings. The second kappa shape index (κ2) is 19.3. The summed E-state index contributed by atoms with van der Waals surface area (Å²) < 4.78 is 41.6. The number of hydrogen-bond donors (Lipinski definition) is 10. The van der Waals surface area contributed by atoms with Crippen molar-refractivity contribution in [2.24, 2.45) is 5.92 Å². The highest BCUT2D eigenvalue weighted by molar-refractivity contribution is 5.73. The third kappa shape index (κ3) is 10.2.